The smallest absolute Gasteiger partial charge is 0.219 e. The van der Waals surface area contributed by atoms with E-state index in [0.29, 0.717) is 5.92 Å². The van der Waals surface area contributed by atoms with Gasteiger partial charge in [0.25, 0.3) is 0 Å². The molecule has 3 nitrogen and oxygen atoms in total. The van der Waals surface area contributed by atoms with Gasteiger partial charge in [0, 0.05) is 31.6 Å². The molecule has 2 aliphatic heterocycles. The lowest BCUT2D eigenvalue weighted by atomic mass is 9.88. The number of hydrogen-bond acceptors (Lipinski definition) is 2. The summed E-state index contributed by atoms with van der Waals surface area (Å²) in [6, 6.07) is 6.59. The lowest BCUT2D eigenvalue weighted by Crippen LogP contribution is -2.47. The highest BCUT2D eigenvalue weighted by atomic mass is 16.2. The lowest BCUT2D eigenvalue weighted by Gasteiger charge is -2.39. The van der Waals surface area contributed by atoms with Crippen molar-refractivity contribution in [3.8, 4) is 0 Å². The third-order valence-electron chi connectivity index (χ3n) is 4.01. The first-order valence-corrected chi connectivity index (χ1v) is 6.81. The van der Waals surface area contributed by atoms with Gasteiger partial charge in [-0.1, -0.05) is 24.3 Å². The van der Waals surface area contributed by atoms with Crippen LogP contribution < -0.4 is 5.32 Å². The van der Waals surface area contributed by atoms with Crippen LogP contribution in [0.5, 0.6) is 0 Å². The number of hydrogen-bond donors (Lipinski definition) is 1. The second kappa shape index (κ2) is 4.12. The van der Waals surface area contributed by atoms with Crippen molar-refractivity contribution in [1.29, 1.82) is 0 Å². The predicted molar refractivity (Wildman–Crippen MR) is 78.2 cm³/mol. The monoisotopic (exact) mass is 256 g/mol. The van der Waals surface area contributed by atoms with Gasteiger partial charge < -0.3 is 10.2 Å². The average molecular weight is 256 g/mol. The van der Waals surface area contributed by atoms with Gasteiger partial charge in [0.2, 0.25) is 5.91 Å². The predicted octanol–water partition coefficient (Wildman–Crippen LogP) is 2.85. The summed E-state index contributed by atoms with van der Waals surface area (Å²) in [5, 5.41) is 3.55. The fraction of sp³-hybridized carbons (Fsp3) is 0.438. The van der Waals surface area contributed by atoms with Gasteiger partial charge in [-0.2, -0.15) is 0 Å². The van der Waals surface area contributed by atoms with Crippen molar-refractivity contribution in [1.82, 2.24) is 4.90 Å². The minimum Gasteiger partial charge on any atom is -0.376 e. The highest BCUT2D eigenvalue weighted by molar-refractivity contribution is 5.75. The molecule has 0 bridgehead atoms. The van der Waals surface area contributed by atoms with Crippen LogP contribution in [0, 0.1) is 0 Å². The molecule has 1 amide bonds. The van der Waals surface area contributed by atoms with Crippen LogP contribution in [0.4, 0.5) is 5.69 Å². The number of nitrogens with zero attached hydrogens (tertiary/aromatic N) is 1. The molecule has 0 atom stereocenters. The van der Waals surface area contributed by atoms with E-state index in [1.807, 2.05) is 4.90 Å². The zero-order valence-corrected chi connectivity index (χ0v) is 11.7. The Labute approximate surface area is 114 Å². The number of anilines is 1. The van der Waals surface area contributed by atoms with Crippen LogP contribution in [-0.2, 0) is 4.79 Å². The molecule has 3 rings (SSSR count). The second-order valence-corrected chi connectivity index (χ2v) is 6.15. The molecule has 100 valence electrons. The van der Waals surface area contributed by atoms with Crippen molar-refractivity contribution in [2.45, 2.75) is 32.2 Å². The Kier molecular flexibility index (Phi) is 2.66. The minimum absolute atomic E-state index is 0.0106. The summed E-state index contributed by atoms with van der Waals surface area (Å²) in [6.45, 7) is 7.68. The van der Waals surface area contributed by atoms with E-state index >= 15 is 0 Å². The summed E-state index contributed by atoms with van der Waals surface area (Å²) in [4.78, 5) is 13.1. The van der Waals surface area contributed by atoms with E-state index in [-0.39, 0.29) is 11.4 Å². The van der Waals surface area contributed by atoms with Crippen molar-refractivity contribution in [3.63, 3.8) is 0 Å². The number of carbonyl (C=O) groups excluding carboxylic acids is 1. The Hall–Kier alpha value is -1.77. The van der Waals surface area contributed by atoms with Crippen molar-refractivity contribution in [2.24, 2.45) is 0 Å². The zero-order chi connectivity index (χ0) is 13.6. The lowest BCUT2D eigenvalue weighted by molar-refractivity contribution is -0.133. The first-order valence-electron chi connectivity index (χ1n) is 6.81. The fourth-order valence-corrected chi connectivity index (χ4v) is 2.71. The number of amides is 1. The maximum atomic E-state index is 11.2. The molecule has 0 unspecified atom stereocenters. The Morgan fingerprint density at radius 1 is 1.37 bits per heavy atom. The number of rotatable bonds is 1. The van der Waals surface area contributed by atoms with Crippen LogP contribution in [0.1, 0.15) is 37.8 Å². The van der Waals surface area contributed by atoms with E-state index in [1.54, 1.807) is 6.92 Å². The molecule has 0 radical (unpaired) electrons. The van der Waals surface area contributed by atoms with Gasteiger partial charge in [0.1, 0.15) is 0 Å². The molecule has 1 saturated heterocycles. The number of carbonyl (C=O) groups is 1. The van der Waals surface area contributed by atoms with Crippen molar-refractivity contribution in [3.05, 3.63) is 35.4 Å². The molecule has 2 aliphatic rings. The van der Waals surface area contributed by atoms with E-state index in [9.17, 15) is 4.79 Å². The van der Waals surface area contributed by atoms with Crippen molar-refractivity contribution in [2.75, 3.05) is 18.4 Å². The summed E-state index contributed by atoms with van der Waals surface area (Å²) >= 11 is 0. The number of benzene rings is 1. The first kappa shape index (κ1) is 12.3. The maximum Gasteiger partial charge on any atom is 0.219 e. The summed E-state index contributed by atoms with van der Waals surface area (Å²) in [5.41, 5.74) is 3.78. The van der Waals surface area contributed by atoms with Crippen LogP contribution >= 0.6 is 0 Å². The normalized spacial score (nSPS) is 20.5. The van der Waals surface area contributed by atoms with Gasteiger partial charge in [-0.05, 0) is 31.0 Å². The van der Waals surface area contributed by atoms with E-state index in [1.165, 1.54) is 16.8 Å². The van der Waals surface area contributed by atoms with Gasteiger partial charge in [-0.25, -0.2) is 0 Å². The van der Waals surface area contributed by atoms with Crippen LogP contribution in [0.3, 0.4) is 0 Å². The van der Waals surface area contributed by atoms with Gasteiger partial charge in [-0.15, -0.1) is 0 Å². The molecule has 1 aromatic carbocycles. The van der Waals surface area contributed by atoms with E-state index < -0.39 is 0 Å². The quantitative estimate of drug-likeness (QED) is 0.838. The Bertz CT molecular complexity index is 554. The van der Waals surface area contributed by atoms with Crippen molar-refractivity contribution < 1.29 is 4.79 Å². The average Bonchev–Trinajstić information content (AvgIpc) is 2.24. The molecule has 0 spiro atoms. The third-order valence-corrected chi connectivity index (χ3v) is 4.01. The van der Waals surface area contributed by atoms with Crippen LogP contribution in [-0.4, -0.2) is 29.4 Å². The third kappa shape index (κ3) is 2.25. The molecular formula is C16H20N2O. The molecule has 2 heterocycles. The van der Waals surface area contributed by atoms with E-state index in [4.69, 9.17) is 0 Å². The van der Waals surface area contributed by atoms with Crippen LogP contribution in [0.25, 0.3) is 6.08 Å². The second-order valence-electron chi connectivity index (χ2n) is 6.15. The molecule has 1 N–H and O–H groups in total. The summed E-state index contributed by atoms with van der Waals surface area (Å²) in [7, 11) is 0. The molecule has 3 heteroatoms. The van der Waals surface area contributed by atoms with E-state index in [2.05, 4.69) is 49.5 Å². The maximum absolute atomic E-state index is 11.2. The number of fused-ring (bicyclic) bond motifs is 1. The molecule has 0 saturated carbocycles. The fourth-order valence-electron chi connectivity index (χ4n) is 2.71. The highest BCUT2D eigenvalue weighted by Gasteiger charge is 2.30. The summed E-state index contributed by atoms with van der Waals surface area (Å²) in [6.07, 6.45) is 4.37. The van der Waals surface area contributed by atoms with Crippen LogP contribution in [0.15, 0.2) is 24.3 Å². The van der Waals surface area contributed by atoms with Gasteiger partial charge in [0.15, 0.2) is 0 Å². The van der Waals surface area contributed by atoms with Gasteiger partial charge in [0.05, 0.1) is 5.54 Å². The SMILES string of the molecule is CC(=O)N1CC(c2ccc3c(c2)NC(C)(C)C=C3)C1. The molecule has 0 aliphatic carbocycles. The molecule has 0 aromatic heterocycles. The van der Waals surface area contributed by atoms with Crippen LogP contribution in [0.2, 0.25) is 0 Å². The number of likely N-dealkylation sites (tertiary alicyclic amines) is 1. The first-order chi connectivity index (χ1) is 8.94. The molecule has 1 aromatic rings. The molecular weight excluding hydrogens is 236 g/mol. The Balaban J connectivity index is 1.80. The Morgan fingerprint density at radius 2 is 2.11 bits per heavy atom. The van der Waals surface area contributed by atoms with E-state index in [0.717, 1.165) is 13.1 Å². The summed E-state index contributed by atoms with van der Waals surface area (Å²) < 4.78 is 0. The van der Waals surface area contributed by atoms with Crippen molar-refractivity contribution >= 4 is 17.7 Å². The molecule has 1 fully saturated rings. The number of nitrogens with one attached hydrogen (secondary N) is 1. The zero-order valence-electron chi connectivity index (χ0n) is 11.7. The summed E-state index contributed by atoms with van der Waals surface area (Å²) in [5.74, 6) is 0.668. The standard InChI is InChI=1S/C16H20N2O/c1-11(19)18-9-14(10-18)13-5-4-12-6-7-16(2,3)17-15(12)8-13/h4-8,14,17H,9-10H2,1-3H3. The van der Waals surface area contributed by atoms with Gasteiger partial charge in [-0.3, -0.25) is 4.79 Å². The highest BCUT2D eigenvalue weighted by Crippen LogP contribution is 2.33. The minimum atomic E-state index is 0.0106. The topological polar surface area (TPSA) is 32.3 Å². The largest absolute Gasteiger partial charge is 0.376 e. The molecule has 19 heavy (non-hydrogen) atoms. The Morgan fingerprint density at radius 3 is 2.79 bits per heavy atom. The van der Waals surface area contributed by atoms with Gasteiger partial charge >= 0.3 is 0 Å².